The fraction of sp³-hybridized carbons (Fsp3) is 0.607. The van der Waals surface area contributed by atoms with Crippen LogP contribution in [0.2, 0.25) is 0 Å². The molecule has 1 aliphatic carbocycles. The Morgan fingerprint density at radius 3 is 2.44 bits per heavy atom. The minimum Gasteiger partial charge on any atom is -0.497 e. The van der Waals surface area contributed by atoms with E-state index in [0.717, 1.165) is 0 Å². The Morgan fingerprint density at radius 1 is 1.22 bits per heavy atom. The number of nitriles is 1. The average molecular weight is 578 g/mol. The summed E-state index contributed by atoms with van der Waals surface area (Å²) in [6, 6.07) is 3.39. The summed E-state index contributed by atoms with van der Waals surface area (Å²) in [4.78, 5) is 53.0. The van der Waals surface area contributed by atoms with Crippen LogP contribution in [0.1, 0.15) is 52.5 Å². The molecular weight excluding hydrogens is 543 g/mol. The lowest BCUT2D eigenvalue weighted by atomic mass is 9.85. The smallest absolute Gasteiger partial charge is 0.471 e. The fourth-order valence-electron chi connectivity index (χ4n) is 6.15. The van der Waals surface area contributed by atoms with Gasteiger partial charge in [-0.05, 0) is 40.7 Å². The summed E-state index contributed by atoms with van der Waals surface area (Å²) in [5.41, 5.74) is -0.203. The number of nitrogens with one attached hydrogen (secondary N) is 3. The van der Waals surface area contributed by atoms with Gasteiger partial charge in [0.1, 0.15) is 23.9 Å². The van der Waals surface area contributed by atoms with Crippen molar-refractivity contribution >= 4 is 29.3 Å². The van der Waals surface area contributed by atoms with Crippen LogP contribution in [0.25, 0.3) is 0 Å². The number of methoxy groups -OCH3 is 1. The Balaban J connectivity index is 1.54. The summed E-state index contributed by atoms with van der Waals surface area (Å²) >= 11 is 0. The van der Waals surface area contributed by atoms with E-state index in [1.807, 2.05) is 25.2 Å². The highest BCUT2D eigenvalue weighted by Crippen LogP contribution is 2.65. The summed E-state index contributed by atoms with van der Waals surface area (Å²) in [6.45, 7) is 8.57. The van der Waals surface area contributed by atoms with Gasteiger partial charge in [0.15, 0.2) is 0 Å². The van der Waals surface area contributed by atoms with Crippen LogP contribution in [0.15, 0.2) is 18.2 Å². The number of ether oxygens (including phenoxy) is 1. The van der Waals surface area contributed by atoms with Crippen molar-refractivity contribution in [2.75, 3.05) is 19.0 Å². The molecule has 2 fully saturated rings. The Morgan fingerprint density at radius 2 is 1.88 bits per heavy atom. The van der Waals surface area contributed by atoms with E-state index in [4.69, 9.17) is 4.74 Å². The third kappa shape index (κ3) is 5.56. The molecule has 1 aromatic carbocycles. The first-order chi connectivity index (χ1) is 18.9. The monoisotopic (exact) mass is 577 g/mol. The average Bonchev–Trinajstić information content (AvgIpc) is 3.17. The van der Waals surface area contributed by atoms with Gasteiger partial charge in [0.2, 0.25) is 17.7 Å². The highest BCUT2D eigenvalue weighted by Gasteiger charge is 2.70. The van der Waals surface area contributed by atoms with Gasteiger partial charge in [-0.3, -0.25) is 19.2 Å². The van der Waals surface area contributed by atoms with Crippen LogP contribution in [-0.2, 0) is 19.2 Å². The first-order valence-corrected chi connectivity index (χ1v) is 13.3. The molecule has 41 heavy (non-hydrogen) atoms. The molecular formula is C28H34F3N5O5. The van der Waals surface area contributed by atoms with E-state index < -0.39 is 53.4 Å². The van der Waals surface area contributed by atoms with E-state index in [1.54, 1.807) is 18.2 Å². The number of likely N-dealkylation sites (tertiary alicyclic amines) is 1. The second kappa shape index (κ2) is 10.2. The number of nitrogens with zero attached hydrogens (tertiary/aromatic N) is 2. The molecule has 0 radical (unpaired) electrons. The molecule has 13 heteroatoms. The van der Waals surface area contributed by atoms with E-state index >= 15 is 0 Å². The standard InChI is InChI=1S/C28H34F3N5O5/c1-26(2,3)21(35-25(40)28(29,30)31)24(39)36-12-17-19(27(17,4)5)20(36)23(38)33-13(11-32)9-16-15-8-7-14(41-6)10-18(15)34-22(16)37/h7-8,10,13,16-17,19-21H,9,12H2,1-6H3,(H,33,38)(H,34,37)(H,35,40)/t13-,16?,17-,19+,20-,21+/m0/s1. The van der Waals surface area contributed by atoms with Gasteiger partial charge in [-0.2, -0.15) is 18.4 Å². The Kier molecular flexibility index (Phi) is 7.52. The summed E-state index contributed by atoms with van der Waals surface area (Å²) in [7, 11) is 1.49. The van der Waals surface area contributed by atoms with Gasteiger partial charge in [0.05, 0.1) is 19.1 Å². The third-order valence-electron chi connectivity index (χ3n) is 8.56. The zero-order chi connectivity index (χ0) is 30.7. The minimum atomic E-state index is -5.19. The summed E-state index contributed by atoms with van der Waals surface area (Å²) in [6.07, 6.45) is -5.22. The number of rotatable bonds is 7. The normalized spacial score (nSPS) is 25.7. The zero-order valence-corrected chi connectivity index (χ0v) is 23.7. The maximum Gasteiger partial charge on any atom is 0.471 e. The molecule has 1 saturated carbocycles. The van der Waals surface area contributed by atoms with Gasteiger partial charge in [0, 0.05) is 18.3 Å². The lowest BCUT2D eigenvalue weighted by Gasteiger charge is -2.37. The van der Waals surface area contributed by atoms with Crippen LogP contribution >= 0.6 is 0 Å². The predicted molar refractivity (Wildman–Crippen MR) is 140 cm³/mol. The number of carbonyl (C=O) groups excluding carboxylic acids is 4. The van der Waals surface area contributed by atoms with Crippen LogP contribution in [0, 0.1) is 34.0 Å². The van der Waals surface area contributed by atoms with Crippen molar-refractivity contribution < 1.29 is 37.1 Å². The van der Waals surface area contributed by atoms with Crippen LogP contribution in [0.4, 0.5) is 18.9 Å². The van der Waals surface area contributed by atoms with Crippen molar-refractivity contribution in [1.82, 2.24) is 15.5 Å². The van der Waals surface area contributed by atoms with Crippen molar-refractivity contribution in [3.63, 3.8) is 0 Å². The summed E-state index contributed by atoms with van der Waals surface area (Å²) in [5.74, 6) is -4.55. The minimum absolute atomic E-state index is 0.0299. The van der Waals surface area contributed by atoms with Crippen LogP contribution in [0.3, 0.4) is 0 Å². The number of alkyl halides is 3. The summed E-state index contributed by atoms with van der Waals surface area (Å²) < 4.78 is 44.4. The van der Waals surface area contributed by atoms with Crippen LogP contribution in [0.5, 0.6) is 5.75 Å². The number of piperidine rings is 1. The van der Waals surface area contributed by atoms with E-state index in [1.165, 1.54) is 32.8 Å². The van der Waals surface area contributed by atoms with Crippen molar-refractivity contribution in [3.8, 4) is 11.8 Å². The Hall–Kier alpha value is -3.82. The Bertz CT molecular complexity index is 1320. The van der Waals surface area contributed by atoms with Crippen molar-refractivity contribution in [2.45, 2.75) is 71.3 Å². The number of halogens is 3. The van der Waals surface area contributed by atoms with Gasteiger partial charge in [0.25, 0.3) is 0 Å². The number of hydrogen-bond acceptors (Lipinski definition) is 6. The number of anilines is 1. The molecule has 0 bridgehead atoms. The molecule has 2 aliphatic heterocycles. The lowest BCUT2D eigenvalue weighted by molar-refractivity contribution is -0.176. The Labute approximate surface area is 236 Å². The van der Waals surface area contributed by atoms with E-state index in [0.29, 0.717) is 17.0 Å². The number of benzene rings is 1. The van der Waals surface area contributed by atoms with Crippen LogP contribution < -0.4 is 20.7 Å². The van der Waals surface area contributed by atoms with Gasteiger partial charge in [-0.1, -0.05) is 40.7 Å². The largest absolute Gasteiger partial charge is 0.497 e. The van der Waals surface area contributed by atoms with Crippen molar-refractivity contribution in [3.05, 3.63) is 23.8 Å². The van der Waals surface area contributed by atoms with Gasteiger partial charge < -0.3 is 25.6 Å². The summed E-state index contributed by atoms with van der Waals surface area (Å²) in [5, 5.41) is 17.1. The molecule has 0 aromatic heterocycles. The number of fused-ring (bicyclic) bond motifs is 2. The first-order valence-electron chi connectivity index (χ1n) is 13.3. The van der Waals surface area contributed by atoms with E-state index in [-0.39, 0.29) is 36.1 Å². The number of amides is 4. The SMILES string of the molecule is COc1ccc2c(c1)NC(=O)C2C[C@@H](C#N)NC(=O)[C@@H]1[C@H]2[C@H](CN1C(=O)[C@@H](NC(=O)C(F)(F)F)C(C)(C)C)C2(C)C. The molecule has 222 valence electrons. The van der Waals surface area contributed by atoms with E-state index in [2.05, 4.69) is 10.6 Å². The molecule has 1 aromatic rings. The molecule has 6 atom stereocenters. The lowest BCUT2D eigenvalue weighted by Crippen LogP contribution is -2.61. The molecule has 1 unspecified atom stereocenters. The second-order valence-electron chi connectivity index (χ2n) is 12.6. The molecule has 1 saturated heterocycles. The first kappa shape index (κ1) is 30.1. The topological polar surface area (TPSA) is 141 Å². The van der Waals surface area contributed by atoms with Gasteiger partial charge >= 0.3 is 12.1 Å². The maximum atomic E-state index is 13.7. The molecule has 4 amide bonds. The number of carbonyl (C=O) groups is 4. The third-order valence-corrected chi connectivity index (χ3v) is 8.56. The highest BCUT2D eigenvalue weighted by atomic mass is 19.4. The zero-order valence-electron chi connectivity index (χ0n) is 23.7. The van der Waals surface area contributed by atoms with Crippen molar-refractivity contribution in [2.24, 2.45) is 22.7 Å². The predicted octanol–water partition coefficient (Wildman–Crippen LogP) is 2.71. The molecule has 2 heterocycles. The molecule has 0 spiro atoms. The fourth-order valence-corrected chi connectivity index (χ4v) is 6.15. The second-order valence-corrected chi connectivity index (χ2v) is 12.6. The highest BCUT2D eigenvalue weighted by molar-refractivity contribution is 6.03. The van der Waals surface area contributed by atoms with Crippen LogP contribution in [-0.4, -0.2) is 66.5 Å². The van der Waals surface area contributed by atoms with Gasteiger partial charge in [-0.15, -0.1) is 0 Å². The number of hydrogen-bond donors (Lipinski definition) is 3. The molecule has 3 aliphatic rings. The van der Waals surface area contributed by atoms with Gasteiger partial charge in [-0.25, -0.2) is 0 Å². The maximum absolute atomic E-state index is 13.7. The molecule has 4 rings (SSSR count). The van der Waals surface area contributed by atoms with E-state index in [9.17, 15) is 37.6 Å². The quantitative estimate of drug-likeness (QED) is 0.455. The van der Waals surface area contributed by atoms with Crippen molar-refractivity contribution in [1.29, 1.82) is 5.26 Å². The molecule has 10 nitrogen and oxygen atoms in total. The molecule has 3 N–H and O–H groups in total.